The molecule has 0 unspecified atom stereocenters. The lowest BCUT2D eigenvalue weighted by Gasteiger charge is -2.08. The van der Waals surface area contributed by atoms with Crippen molar-refractivity contribution in [3.63, 3.8) is 0 Å². The van der Waals surface area contributed by atoms with E-state index in [0.29, 0.717) is 11.3 Å². The SMILES string of the molecule is CS(=O)(=O)c1ccc(Oc2ccc([N+](=O)[O-])c(-c3ccccc3)n2)cc1. The Bertz CT molecular complexity index is 1050. The lowest BCUT2D eigenvalue weighted by atomic mass is 10.1. The largest absolute Gasteiger partial charge is 0.439 e. The number of pyridine rings is 1. The molecule has 3 aromatic rings. The summed E-state index contributed by atoms with van der Waals surface area (Å²) in [5.41, 5.74) is 0.661. The number of nitrogens with zero attached hydrogens (tertiary/aromatic N) is 2. The molecule has 8 heteroatoms. The lowest BCUT2D eigenvalue weighted by molar-refractivity contribution is -0.384. The Balaban J connectivity index is 1.95. The van der Waals surface area contributed by atoms with Crippen LogP contribution < -0.4 is 4.74 Å². The highest BCUT2D eigenvalue weighted by Crippen LogP contribution is 2.31. The third-order valence-corrected chi connectivity index (χ3v) is 4.70. The van der Waals surface area contributed by atoms with Gasteiger partial charge in [-0.2, -0.15) is 0 Å². The Kier molecular flexibility index (Phi) is 4.68. The highest BCUT2D eigenvalue weighted by atomic mass is 32.2. The molecular weight excluding hydrogens is 356 g/mol. The van der Waals surface area contributed by atoms with Crippen molar-refractivity contribution in [2.75, 3.05) is 6.26 Å². The number of rotatable bonds is 5. The maximum Gasteiger partial charge on any atom is 0.295 e. The fourth-order valence-electron chi connectivity index (χ4n) is 2.32. The van der Waals surface area contributed by atoms with Gasteiger partial charge in [-0.05, 0) is 24.3 Å². The zero-order valence-corrected chi connectivity index (χ0v) is 14.5. The van der Waals surface area contributed by atoms with Gasteiger partial charge in [-0.25, -0.2) is 13.4 Å². The van der Waals surface area contributed by atoms with Gasteiger partial charge in [-0.3, -0.25) is 10.1 Å². The van der Waals surface area contributed by atoms with Gasteiger partial charge in [0.15, 0.2) is 15.5 Å². The number of ether oxygens (including phenoxy) is 1. The number of benzene rings is 2. The predicted octanol–water partition coefficient (Wildman–Crippen LogP) is 3.85. The van der Waals surface area contributed by atoms with Crippen LogP contribution in [0.1, 0.15) is 0 Å². The summed E-state index contributed by atoms with van der Waals surface area (Å²) < 4.78 is 28.6. The van der Waals surface area contributed by atoms with Gasteiger partial charge in [0.05, 0.1) is 9.82 Å². The Morgan fingerprint density at radius 2 is 1.62 bits per heavy atom. The van der Waals surface area contributed by atoms with Crippen LogP contribution in [0.15, 0.2) is 71.6 Å². The van der Waals surface area contributed by atoms with Gasteiger partial charge in [0, 0.05) is 24.0 Å². The number of hydrogen-bond donors (Lipinski definition) is 0. The van der Waals surface area contributed by atoms with E-state index in [0.717, 1.165) is 6.26 Å². The average molecular weight is 370 g/mol. The molecule has 0 radical (unpaired) electrons. The molecule has 132 valence electrons. The molecule has 0 bridgehead atoms. The van der Waals surface area contributed by atoms with Crippen molar-refractivity contribution >= 4 is 15.5 Å². The highest BCUT2D eigenvalue weighted by Gasteiger charge is 2.18. The van der Waals surface area contributed by atoms with Crippen molar-refractivity contribution in [1.82, 2.24) is 4.98 Å². The summed E-state index contributed by atoms with van der Waals surface area (Å²) in [4.78, 5) is 15.2. The van der Waals surface area contributed by atoms with Crippen LogP contribution in [0.2, 0.25) is 0 Å². The van der Waals surface area contributed by atoms with E-state index in [4.69, 9.17) is 4.74 Å². The van der Waals surface area contributed by atoms with E-state index >= 15 is 0 Å². The van der Waals surface area contributed by atoms with Crippen molar-refractivity contribution in [1.29, 1.82) is 0 Å². The minimum Gasteiger partial charge on any atom is -0.439 e. The summed E-state index contributed by atoms with van der Waals surface area (Å²) in [6.07, 6.45) is 1.12. The quantitative estimate of drug-likeness (QED) is 0.499. The van der Waals surface area contributed by atoms with Gasteiger partial charge >= 0.3 is 0 Å². The van der Waals surface area contributed by atoms with Crippen LogP contribution in [0.5, 0.6) is 11.6 Å². The van der Waals surface area contributed by atoms with Crippen LogP contribution in [0.3, 0.4) is 0 Å². The second-order valence-electron chi connectivity index (χ2n) is 5.49. The zero-order chi connectivity index (χ0) is 18.7. The lowest BCUT2D eigenvalue weighted by Crippen LogP contribution is -1.98. The normalized spacial score (nSPS) is 11.1. The van der Waals surface area contributed by atoms with E-state index in [1.807, 2.05) is 0 Å². The van der Waals surface area contributed by atoms with Crippen LogP contribution in [0, 0.1) is 10.1 Å². The van der Waals surface area contributed by atoms with Crippen LogP contribution in [0.4, 0.5) is 5.69 Å². The van der Waals surface area contributed by atoms with E-state index in [1.165, 1.54) is 36.4 Å². The van der Waals surface area contributed by atoms with Crippen molar-refractivity contribution in [3.05, 3.63) is 76.8 Å². The maximum atomic E-state index is 11.5. The standard InChI is InChI=1S/C18H14N2O5S/c1-26(23,24)15-9-7-14(8-10-15)25-17-12-11-16(20(21)22)18(19-17)13-5-3-2-4-6-13/h2-12H,1H3. The average Bonchev–Trinajstić information content (AvgIpc) is 2.62. The van der Waals surface area contributed by atoms with Gasteiger partial charge in [-0.15, -0.1) is 0 Å². The smallest absolute Gasteiger partial charge is 0.295 e. The summed E-state index contributed by atoms with van der Waals surface area (Å²) >= 11 is 0. The molecule has 0 atom stereocenters. The molecule has 7 nitrogen and oxygen atoms in total. The van der Waals surface area contributed by atoms with Gasteiger partial charge in [-0.1, -0.05) is 30.3 Å². The summed E-state index contributed by atoms with van der Waals surface area (Å²) in [6, 6.07) is 17.4. The van der Waals surface area contributed by atoms with E-state index in [-0.39, 0.29) is 22.2 Å². The topological polar surface area (TPSA) is 99.4 Å². The molecule has 0 N–H and O–H groups in total. The van der Waals surface area contributed by atoms with Crippen LogP contribution >= 0.6 is 0 Å². The molecule has 1 aromatic heterocycles. The van der Waals surface area contributed by atoms with E-state index < -0.39 is 14.8 Å². The molecule has 1 heterocycles. The van der Waals surface area contributed by atoms with E-state index in [9.17, 15) is 18.5 Å². The Labute approximate surface area is 150 Å². The number of aromatic nitrogens is 1. The molecule has 0 spiro atoms. The summed E-state index contributed by atoms with van der Waals surface area (Å²) in [5, 5.41) is 11.3. The molecule has 26 heavy (non-hydrogen) atoms. The van der Waals surface area contributed by atoms with Crippen molar-refractivity contribution in [3.8, 4) is 22.9 Å². The van der Waals surface area contributed by atoms with Gasteiger partial charge in [0.2, 0.25) is 5.88 Å². The minimum atomic E-state index is -3.30. The van der Waals surface area contributed by atoms with E-state index in [2.05, 4.69) is 4.98 Å². The fraction of sp³-hybridized carbons (Fsp3) is 0.0556. The third kappa shape index (κ3) is 3.86. The molecular formula is C18H14N2O5S. The molecule has 0 fully saturated rings. The zero-order valence-electron chi connectivity index (χ0n) is 13.7. The van der Waals surface area contributed by atoms with Crippen molar-refractivity contribution in [2.45, 2.75) is 4.90 Å². The van der Waals surface area contributed by atoms with E-state index in [1.54, 1.807) is 30.3 Å². The molecule has 0 aliphatic carbocycles. The molecule has 0 aliphatic rings. The molecule has 3 rings (SSSR count). The number of nitro groups is 1. The second-order valence-corrected chi connectivity index (χ2v) is 7.50. The van der Waals surface area contributed by atoms with Crippen LogP contribution in [0.25, 0.3) is 11.3 Å². The summed E-state index contributed by atoms with van der Waals surface area (Å²) in [6.45, 7) is 0. The Hall–Kier alpha value is -3.26. The Morgan fingerprint density at radius 3 is 2.19 bits per heavy atom. The van der Waals surface area contributed by atoms with Crippen molar-refractivity contribution in [2.24, 2.45) is 0 Å². The van der Waals surface area contributed by atoms with Crippen LogP contribution in [-0.2, 0) is 9.84 Å². The van der Waals surface area contributed by atoms with Crippen LogP contribution in [-0.4, -0.2) is 24.6 Å². The fourth-order valence-corrected chi connectivity index (χ4v) is 2.95. The highest BCUT2D eigenvalue weighted by molar-refractivity contribution is 7.90. The molecule has 0 saturated heterocycles. The first-order chi connectivity index (χ1) is 12.3. The first-order valence-corrected chi connectivity index (χ1v) is 9.42. The number of hydrogen-bond acceptors (Lipinski definition) is 6. The maximum absolute atomic E-state index is 11.5. The summed E-state index contributed by atoms with van der Waals surface area (Å²) in [5.74, 6) is 0.541. The molecule has 2 aromatic carbocycles. The first-order valence-electron chi connectivity index (χ1n) is 7.53. The molecule has 0 aliphatic heterocycles. The second kappa shape index (κ2) is 6.93. The molecule has 0 saturated carbocycles. The summed E-state index contributed by atoms with van der Waals surface area (Å²) in [7, 11) is -3.30. The molecule has 0 amide bonds. The monoisotopic (exact) mass is 370 g/mol. The van der Waals surface area contributed by atoms with Gasteiger partial charge in [0.1, 0.15) is 5.75 Å². The van der Waals surface area contributed by atoms with Crippen molar-refractivity contribution < 1.29 is 18.1 Å². The van der Waals surface area contributed by atoms with Gasteiger partial charge < -0.3 is 4.74 Å². The third-order valence-electron chi connectivity index (χ3n) is 3.57. The number of sulfone groups is 1. The predicted molar refractivity (Wildman–Crippen MR) is 96.0 cm³/mol. The van der Waals surface area contributed by atoms with Gasteiger partial charge in [0.25, 0.3) is 5.69 Å². The first kappa shape index (κ1) is 17.6. The Morgan fingerprint density at radius 1 is 0.962 bits per heavy atom. The minimum absolute atomic E-state index is 0.129.